The van der Waals surface area contributed by atoms with Crippen LogP contribution in [0.5, 0.6) is 0 Å². The molecule has 0 saturated heterocycles. The summed E-state index contributed by atoms with van der Waals surface area (Å²) < 4.78 is 1.52. The van der Waals surface area contributed by atoms with Crippen LogP contribution in [0.3, 0.4) is 0 Å². The molecule has 0 N–H and O–H groups in total. The summed E-state index contributed by atoms with van der Waals surface area (Å²) in [6, 6.07) is 9.22. The largest absolute Gasteiger partial charge is 0.257 e. The number of hydrogen-bond acceptors (Lipinski definition) is 3. The fourth-order valence-electron chi connectivity index (χ4n) is 1.40. The zero-order valence-electron chi connectivity index (χ0n) is 7.52. The first-order valence-corrected chi connectivity index (χ1v) is 4.03. The molecule has 0 fully saturated rings. The lowest BCUT2D eigenvalue weighted by atomic mass is 10.1. The minimum atomic E-state index is 0.518. The Morgan fingerprint density at radius 3 is 2.71 bits per heavy atom. The van der Waals surface area contributed by atoms with Gasteiger partial charge in [0.1, 0.15) is 11.8 Å². The fraction of sp³-hybridized carbons (Fsp3) is 0.100. The standard InChI is InChI=1S/C10H6N4/c1-14-10(6-12)8-3-2-7(5-11)4-9(8)13-14/h2-4H,1H3. The van der Waals surface area contributed by atoms with Crippen LogP contribution >= 0.6 is 0 Å². The molecule has 1 heterocycles. The molecule has 14 heavy (non-hydrogen) atoms. The van der Waals surface area contributed by atoms with Crippen LogP contribution in [0.25, 0.3) is 10.9 Å². The van der Waals surface area contributed by atoms with Crippen molar-refractivity contribution in [3.63, 3.8) is 0 Å². The third-order valence-corrected chi connectivity index (χ3v) is 2.07. The number of nitriles is 2. The van der Waals surface area contributed by atoms with Crippen LogP contribution in [0, 0.1) is 22.7 Å². The molecule has 0 unspecified atom stereocenters. The smallest absolute Gasteiger partial charge is 0.146 e. The Morgan fingerprint density at radius 2 is 2.07 bits per heavy atom. The third kappa shape index (κ3) is 1.02. The number of hydrogen-bond donors (Lipinski definition) is 0. The second-order valence-corrected chi connectivity index (χ2v) is 2.93. The monoisotopic (exact) mass is 182 g/mol. The van der Waals surface area contributed by atoms with Gasteiger partial charge in [-0.05, 0) is 18.2 Å². The lowest BCUT2D eigenvalue weighted by Crippen LogP contribution is -1.92. The van der Waals surface area contributed by atoms with Gasteiger partial charge in [0, 0.05) is 12.4 Å². The van der Waals surface area contributed by atoms with Gasteiger partial charge < -0.3 is 0 Å². The van der Waals surface area contributed by atoms with Gasteiger partial charge in [0.15, 0.2) is 0 Å². The summed E-state index contributed by atoms with van der Waals surface area (Å²) in [7, 11) is 1.71. The van der Waals surface area contributed by atoms with E-state index in [0.717, 1.165) is 5.39 Å². The molecule has 0 spiro atoms. The van der Waals surface area contributed by atoms with Crippen molar-refractivity contribution in [3.05, 3.63) is 29.5 Å². The van der Waals surface area contributed by atoms with Gasteiger partial charge in [-0.2, -0.15) is 15.6 Å². The highest BCUT2D eigenvalue weighted by Gasteiger charge is 2.07. The van der Waals surface area contributed by atoms with E-state index in [9.17, 15) is 0 Å². The maximum absolute atomic E-state index is 8.86. The summed E-state index contributed by atoms with van der Waals surface area (Å²) in [4.78, 5) is 0. The van der Waals surface area contributed by atoms with Crippen LogP contribution < -0.4 is 0 Å². The summed E-state index contributed by atoms with van der Waals surface area (Å²) in [6.45, 7) is 0. The van der Waals surface area contributed by atoms with Crippen molar-refractivity contribution < 1.29 is 0 Å². The van der Waals surface area contributed by atoms with Gasteiger partial charge in [-0.15, -0.1) is 0 Å². The van der Waals surface area contributed by atoms with E-state index in [1.807, 2.05) is 6.07 Å². The van der Waals surface area contributed by atoms with E-state index in [-0.39, 0.29) is 0 Å². The molecule has 0 atom stereocenters. The molecule has 0 bridgehead atoms. The summed E-state index contributed by atoms with van der Waals surface area (Å²) in [5.74, 6) is 0. The van der Waals surface area contributed by atoms with Crippen LogP contribution in [0.1, 0.15) is 11.3 Å². The molecule has 0 amide bonds. The van der Waals surface area contributed by atoms with Gasteiger partial charge in [0.05, 0.1) is 17.1 Å². The van der Waals surface area contributed by atoms with E-state index >= 15 is 0 Å². The summed E-state index contributed by atoms with van der Waals surface area (Å²) >= 11 is 0. The number of aryl methyl sites for hydroxylation is 1. The third-order valence-electron chi connectivity index (χ3n) is 2.07. The SMILES string of the molecule is Cn1nc2cc(C#N)ccc2c1C#N. The van der Waals surface area contributed by atoms with Crippen LogP contribution in [-0.4, -0.2) is 9.78 Å². The highest BCUT2D eigenvalue weighted by atomic mass is 15.3. The van der Waals surface area contributed by atoms with Crippen molar-refractivity contribution in [1.29, 1.82) is 10.5 Å². The second-order valence-electron chi connectivity index (χ2n) is 2.93. The summed E-state index contributed by atoms with van der Waals surface area (Å²) in [6.07, 6.45) is 0. The number of benzene rings is 1. The Hall–Kier alpha value is -2.33. The van der Waals surface area contributed by atoms with Gasteiger partial charge in [0.2, 0.25) is 0 Å². The number of rotatable bonds is 0. The Morgan fingerprint density at radius 1 is 1.29 bits per heavy atom. The molecular weight excluding hydrogens is 176 g/mol. The van der Waals surface area contributed by atoms with Crippen LogP contribution in [0.2, 0.25) is 0 Å². The number of aromatic nitrogens is 2. The lowest BCUT2D eigenvalue weighted by Gasteiger charge is -1.88. The first kappa shape index (κ1) is 8.28. The van der Waals surface area contributed by atoms with Crippen molar-refractivity contribution in [3.8, 4) is 12.1 Å². The zero-order valence-corrected chi connectivity index (χ0v) is 7.52. The van der Waals surface area contributed by atoms with Crippen molar-refractivity contribution in [2.45, 2.75) is 0 Å². The van der Waals surface area contributed by atoms with Gasteiger partial charge in [-0.25, -0.2) is 0 Å². The first-order valence-electron chi connectivity index (χ1n) is 4.03. The number of fused-ring (bicyclic) bond motifs is 1. The Labute approximate surface area is 80.6 Å². The quantitative estimate of drug-likeness (QED) is 0.617. The van der Waals surface area contributed by atoms with Crippen molar-refractivity contribution in [2.75, 3.05) is 0 Å². The number of nitrogens with zero attached hydrogens (tertiary/aromatic N) is 4. The summed E-state index contributed by atoms with van der Waals surface area (Å²) in [5, 5.41) is 22.5. The molecule has 2 rings (SSSR count). The Bertz CT molecular complexity index is 580. The van der Waals surface area contributed by atoms with E-state index in [2.05, 4.69) is 11.2 Å². The van der Waals surface area contributed by atoms with Crippen LogP contribution in [-0.2, 0) is 7.05 Å². The molecule has 0 radical (unpaired) electrons. The maximum Gasteiger partial charge on any atom is 0.146 e. The molecule has 2 aromatic rings. The van der Waals surface area contributed by atoms with E-state index in [4.69, 9.17) is 10.5 Å². The van der Waals surface area contributed by atoms with Gasteiger partial charge in [-0.1, -0.05) is 0 Å². The molecule has 0 saturated carbocycles. The zero-order chi connectivity index (χ0) is 10.1. The van der Waals surface area contributed by atoms with Gasteiger partial charge in [0.25, 0.3) is 0 Å². The minimum absolute atomic E-state index is 0.518. The molecule has 0 aliphatic rings. The molecule has 0 aliphatic carbocycles. The average Bonchev–Trinajstić information content (AvgIpc) is 2.51. The fourth-order valence-corrected chi connectivity index (χ4v) is 1.40. The lowest BCUT2D eigenvalue weighted by molar-refractivity contribution is 0.767. The normalized spacial score (nSPS) is 9.64. The first-order chi connectivity index (χ1) is 6.76. The van der Waals surface area contributed by atoms with Crippen LogP contribution in [0.4, 0.5) is 0 Å². The van der Waals surface area contributed by atoms with Crippen molar-refractivity contribution in [2.24, 2.45) is 7.05 Å². The topological polar surface area (TPSA) is 65.4 Å². The molecule has 66 valence electrons. The van der Waals surface area contributed by atoms with Crippen molar-refractivity contribution in [1.82, 2.24) is 9.78 Å². The molecular formula is C10H6N4. The molecule has 1 aromatic heterocycles. The summed E-state index contributed by atoms with van der Waals surface area (Å²) in [5.41, 5.74) is 1.76. The minimum Gasteiger partial charge on any atom is -0.257 e. The van der Waals surface area contributed by atoms with E-state index in [1.165, 1.54) is 4.68 Å². The molecule has 4 heteroatoms. The van der Waals surface area contributed by atoms with Gasteiger partial charge in [-0.3, -0.25) is 4.68 Å². The Kier molecular flexibility index (Phi) is 1.69. The highest BCUT2D eigenvalue weighted by molar-refractivity contribution is 5.84. The van der Waals surface area contributed by atoms with E-state index in [1.54, 1.807) is 25.2 Å². The van der Waals surface area contributed by atoms with Gasteiger partial charge >= 0.3 is 0 Å². The average molecular weight is 182 g/mol. The molecule has 4 nitrogen and oxygen atoms in total. The van der Waals surface area contributed by atoms with E-state index in [0.29, 0.717) is 16.8 Å². The van der Waals surface area contributed by atoms with E-state index < -0.39 is 0 Å². The predicted octanol–water partition coefficient (Wildman–Crippen LogP) is 1.32. The predicted molar refractivity (Wildman–Crippen MR) is 50.1 cm³/mol. The van der Waals surface area contributed by atoms with Crippen molar-refractivity contribution >= 4 is 10.9 Å². The highest BCUT2D eigenvalue weighted by Crippen LogP contribution is 2.17. The van der Waals surface area contributed by atoms with Crippen LogP contribution in [0.15, 0.2) is 18.2 Å². The maximum atomic E-state index is 8.86. The molecule has 0 aliphatic heterocycles. The Balaban J connectivity index is 2.84. The molecule has 1 aromatic carbocycles. The second kappa shape index (κ2) is 2.86.